The summed E-state index contributed by atoms with van der Waals surface area (Å²) in [4.78, 5) is 48.1. The SMILES string of the molecule is C=CCN(CCC)C(=O)[C@H]1[C@H]2C(=O)N(CCCCO)C(C(=O)N(CC=C)c3ccc(OC)cc3)C23CC(Br)[C@@H]1S3. The van der Waals surface area contributed by atoms with E-state index < -0.39 is 22.6 Å². The first kappa shape index (κ1) is 30.7. The Morgan fingerprint density at radius 3 is 2.50 bits per heavy atom. The number of carbonyl (C=O) groups excluding carboxylic acids is 3. The highest BCUT2D eigenvalue weighted by Gasteiger charge is 2.76. The zero-order chi connectivity index (χ0) is 29.0. The minimum atomic E-state index is -0.738. The van der Waals surface area contributed by atoms with Gasteiger partial charge in [-0.05, 0) is 49.9 Å². The smallest absolute Gasteiger partial charge is 0.251 e. The fourth-order valence-electron chi connectivity index (χ4n) is 6.62. The lowest BCUT2D eigenvalue weighted by Crippen LogP contribution is -2.56. The van der Waals surface area contributed by atoms with Crippen LogP contribution in [0.25, 0.3) is 0 Å². The number of hydrogen-bond acceptors (Lipinski definition) is 6. The highest BCUT2D eigenvalue weighted by molar-refractivity contribution is 9.09. The number of ether oxygens (including phenoxy) is 1. The van der Waals surface area contributed by atoms with Crippen molar-refractivity contribution in [2.24, 2.45) is 11.8 Å². The Hall–Kier alpha value is -2.30. The molecule has 0 aromatic heterocycles. The van der Waals surface area contributed by atoms with Crippen molar-refractivity contribution in [2.75, 3.05) is 44.8 Å². The first-order valence-electron chi connectivity index (χ1n) is 14.0. The molecule has 3 amide bonds. The molecule has 2 bridgehead atoms. The molecule has 1 N–H and O–H groups in total. The molecule has 3 saturated heterocycles. The first-order valence-corrected chi connectivity index (χ1v) is 15.8. The zero-order valence-electron chi connectivity index (χ0n) is 23.3. The lowest BCUT2D eigenvalue weighted by molar-refractivity contribution is -0.143. The summed E-state index contributed by atoms with van der Waals surface area (Å²) in [6.45, 7) is 11.4. The van der Waals surface area contributed by atoms with Crippen molar-refractivity contribution < 1.29 is 24.2 Å². The van der Waals surface area contributed by atoms with Gasteiger partial charge < -0.3 is 24.5 Å². The molecule has 0 saturated carbocycles. The number of nitrogens with zero attached hydrogens (tertiary/aromatic N) is 3. The molecule has 8 nitrogen and oxygen atoms in total. The molecular weight excluding hydrogens is 594 g/mol. The molecule has 0 radical (unpaired) electrons. The van der Waals surface area contributed by atoms with Crippen LogP contribution in [-0.2, 0) is 14.4 Å². The standard InChI is InChI=1S/C30H40BrN3O5S/c1-5-14-32(15-6-2)27(36)23-24-28(37)34(17-8-9-18-35)26(30(24)19-22(31)25(23)40-30)29(38)33(16-7-3)20-10-12-21(39-4)13-11-20/h5,7,10-13,22-26,35H,1,3,6,8-9,14-19H2,2,4H3/t22?,23-,24-,25-,26?,30?/m0/s1. The van der Waals surface area contributed by atoms with Crippen molar-refractivity contribution in [3.63, 3.8) is 0 Å². The van der Waals surface area contributed by atoms with Gasteiger partial charge in [0, 0.05) is 48.6 Å². The Balaban J connectivity index is 1.77. The van der Waals surface area contributed by atoms with Crippen molar-refractivity contribution in [1.82, 2.24) is 9.80 Å². The molecule has 1 aromatic rings. The van der Waals surface area contributed by atoms with E-state index in [1.165, 1.54) is 0 Å². The third kappa shape index (κ3) is 5.34. The lowest BCUT2D eigenvalue weighted by atomic mass is 9.70. The maximum atomic E-state index is 14.6. The van der Waals surface area contributed by atoms with E-state index in [0.29, 0.717) is 50.3 Å². The van der Waals surface area contributed by atoms with Crippen LogP contribution in [0.5, 0.6) is 5.75 Å². The topological polar surface area (TPSA) is 90.4 Å². The summed E-state index contributed by atoms with van der Waals surface area (Å²) in [5.41, 5.74) is 0.689. The average Bonchev–Trinajstić information content (AvgIpc) is 3.54. The molecule has 3 unspecified atom stereocenters. The summed E-state index contributed by atoms with van der Waals surface area (Å²) in [6.07, 6.45) is 5.93. The number of likely N-dealkylation sites (tertiary alicyclic amines) is 1. The number of alkyl halides is 1. The second kappa shape index (κ2) is 13.1. The predicted octanol–water partition coefficient (Wildman–Crippen LogP) is 3.88. The molecule has 6 atom stereocenters. The lowest BCUT2D eigenvalue weighted by Gasteiger charge is -2.38. The molecule has 1 aromatic carbocycles. The predicted molar refractivity (Wildman–Crippen MR) is 163 cm³/mol. The Morgan fingerprint density at radius 2 is 1.90 bits per heavy atom. The highest BCUT2D eigenvalue weighted by atomic mass is 79.9. The number of benzene rings is 1. The van der Waals surface area contributed by atoms with Crippen molar-refractivity contribution in [3.05, 3.63) is 49.6 Å². The number of amides is 3. The number of aliphatic hydroxyl groups excluding tert-OH is 1. The van der Waals surface area contributed by atoms with Crippen LogP contribution >= 0.6 is 27.7 Å². The van der Waals surface area contributed by atoms with Crippen LogP contribution in [0.2, 0.25) is 0 Å². The van der Waals surface area contributed by atoms with Crippen LogP contribution in [0.4, 0.5) is 5.69 Å². The molecule has 218 valence electrons. The molecule has 3 heterocycles. The number of aliphatic hydroxyl groups is 1. The normalized spacial score (nSPS) is 28.4. The summed E-state index contributed by atoms with van der Waals surface area (Å²) < 4.78 is 4.57. The largest absolute Gasteiger partial charge is 0.497 e. The minimum absolute atomic E-state index is 0.00393. The van der Waals surface area contributed by atoms with Gasteiger partial charge in [0.1, 0.15) is 11.8 Å². The number of thioether (sulfide) groups is 1. The summed E-state index contributed by atoms with van der Waals surface area (Å²) in [6, 6.07) is 6.54. The van der Waals surface area contributed by atoms with Gasteiger partial charge in [0.2, 0.25) is 11.8 Å². The van der Waals surface area contributed by atoms with Gasteiger partial charge in [-0.15, -0.1) is 24.9 Å². The van der Waals surface area contributed by atoms with Crippen molar-refractivity contribution in [3.8, 4) is 5.75 Å². The number of halogens is 1. The van der Waals surface area contributed by atoms with Gasteiger partial charge in [0.05, 0.1) is 23.7 Å². The van der Waals surface area contributed by atoms with Crippen molar-refractivity contribution in [2.45, 2.75) is 53.5 Å². The number of unbranched alkanes of at least 4 members (excludes halogenated alkanes) is 1. The Kier molecular flexibility index (Phi) is 10.1. The highest BCUT2D eigenvalue weighted by Crippen LogP contribution is 2.68. The monoisotopic (exact) mass is 633 g/mol. The fraction of sp³-hybridized carbons (Fsp3) is 0.567. The third-order valence-corrected chi connectivity index (χ3v) is 11.5. The van der Waals surface area contributed by atoms with E-state index in [0.717, 1.165) is 6.42 Å². The number of anilines is 1. The molecule has 3 aliphatic rings. The van der Waals surface area contributed by atoms with Gasteiger partial charge in [0.15, 0.2) is 0 Å². The second-order valence-electron chi connectivity index (χ2n) is 10.6. The average molecular weight is 635 g/mol. The van der Waals surface area contributed by atoms with Crippen LogP contribution in [0.15, 0.2) is 49.6 Å². The van der Waals surface area contributed by atoms with Crippen LogP contribution < -0.4 is 9.64 Å². The molecule has 0 aliphatic carbocycles. The molecular formula is C30H40BrN3O5S. The van der Waals surface area contributed by atoms with Gasteiger partial charge in [-0.2, -0.15) is 0 Å². The van der Waals surface area contributed by atoms with E-state index in [-0.39, 0.29) is 41.0 Å². The second-order valence-corrected chi connectivity index (χ2v) is 13.4. The number of methoxy groups -OCH3 is 1. The molecule has 1 spiro atoms. The van der Waals surface area contributed by atoms with Gasteiger partial charge in [-0.1, -0.05) is 35.0 Å². The number of hydrogen-bond donors (Lipinski definition) is 1. The summed E-state index contributed by atoms with van der Waals surface area (Å²) in [5.74, 6) is -0.772. The Bertz CT molecular complexity index is 1120. The summed E-state index contributed by atoms with van der Waals surface area (Å²) in [7, 11) is 1.59. The van der Waals surface area contributed by atoms with Crippen molar-refractivity contribution >= 4 is 51.1 Å². The maximum absolute atomic E-state index is 14.6. The van der Waals surface area contributed by atoms with E-state index in [4.69, 9.17) is 4.74 Å². The van der Waals surface area contributed by atoms with Gasteiger partial charge in [0.25, 0.3) is 5.91 Å². The fourth-order valence-corrected chi connectivity index (χ4v) is 10.2. The van der Waals surface area contributed by atoms with Crippen molar-refractivity contribution in [1.29, 1.82) is 0 Å². The van der Waals surface area contributed by atoms with Gasteiger partial charge in [-0.3, -0.25) is 14.4 Å². The first-order chi connectivity index (χ1) is 19.3. The summed E-state index contributed by atoms with van der Waals surface area (Å²) >= 11 is 5.48. The minimum Gasteiger partial charge on any atom is -0.497 e. The summed E-state index contributed by atoms with van der Waals surface area (Å²) in [5, 5.41) is 9.34. The third-order valence-electron chi connectivity index (χ3n) is 8.23. The van der Waals surface area contributed by atoms with Crippen LogP contribution in [0.1, 0.15) is 32.6 Å². The number of rotatable bonds is 14. The Morgan fingerprint density at radius 1 is 1.20 bits per heavy atom. The van der Waals surface area contributed by atoms with Crippen LogP contribution in [0, 0.1) is 11.8 Å². The van der Waals surface area contributed by atoms with E-state index >= 15 is 0 Å². The van der Waals surface area contributed by atoms with E-state index in [1.807, 2.05) is 19.1 Å². The van der Waals surface area contributed by atoms with Crippen LogP contribution in [0.3, 0.4) is 0 Å². The Labute approximate surface area is 249 Å². The molecule has 3 fully saturated rings. The zero-order valence-corrected chi connectivity index (χ0v) is 25.7. The maximum Gasteiger partial charge on any atom is 0.251 e. The number of carbonyl (C=O) groups is 3. The van der Waals surface area contributed by atoms with E-state index in [1.54, 1.807) is 57.9 Å². The van der Waals surface area contributed by atoms with E-state index in [9.17, 15) is 19.5 Å². The van der Waals surface area contributed by atoms with E-state index in [2.05, 4.69) is 29.1 Å². The molecule has 4 rings (SSSR count). The number of fused-ring (bicyclic) bond motifs is 1. The quantitative estimate of drug-likeness (QED) is 0.190. The molecule has 10 heteroatoms. The molecule has 3 aliphatic heterocycles. The molecule has 40 heavy (non-hydrogen) atoms. The van der Waals surface area contributed by atoms with Gasteiger partial charge in [-0.25, -0.2) is 0 Å². The van der Waals surface area contributed by atoms with Gasteiger partial charge >= 0.3 is 0 Å². The van der Waals surface area contributed by atoms with Crippen LogP contribution in [-0.4, -0.2) is 93.4 Å².